The van der Waals surface area contributed by atoms with Gasteiger partial charge in [-0.15, -0.1) is 11.3 Å². The Hall–Kier alpha value is -1.57. The van der Waals surface area contributed by atoms with E-state index in [4.69, 9.17) is 11.5 Å². The quantitative estimate of drug-likeness (QED) is 0.722. The van der Waals surface area contributed by atoms with Gasteiger partial charge in [-0.3, -0.25) is 4.79 Å². The number of nitrogen functional groups attached to an aromatic ring is 1. The molecular formula is C13H11N3OS3. The van der Waals surface area contributed by atoms with Gasteiger partial charge in [-0.25, -0.2) is 0 Å². The number of carbonyl (C=O) groups is 1. The SMILES string of the molecule is NC(=O)c1sc2snc(SCc3ccccc3)c2c1N. The van der Waals surface area contributed by atoms with Crippen LogP contribution in [0.15, 0.2) is 35.4 Å². The fourth-order valence-corrected chi connectivity index (χ4v) is 5.00. The Morgan fingerprint density at radius 1 is 1.30 bits per heavy atom. The van der Waals surface area contributed by atoms with Crippen LogP contribution in [0.5, 0.6) is 0 Å². The number of nitrogens with two attached hydrogens (primary N) is 2. The van der Waals surface area contributed by atoms with Crippen molar-refractivity contribution in [2.24, 2.45) is 5.73 Å². The van der Waals surface area contributed by atoms with Gasteiger partial charge in [0.15, 0.2) is 0 Å². The van der Waals surface area contributed by atoms with E-state index in [0.29, 0.717) is 10.6 Å². The molecule has 0 unspecified atom stereocenters. The minimum atomic E-state index is -0.477. The van der Waals surface area contributed by atoms with Gasteiger partial charge in [0.05, 0.1) is 11.1 Å². The molecule has 0 spiro atoms. The molecule has 0 atom stereocenters. The van der Waals surface area contributed by atoms with Crippen LogP contribution in [0.2, 0.25) is 0 Å². The van der Waals surface area contributed by atoms with Gasteiger partial charge in [-0.05, 0) is 17.1 Å². The fourth-order valence-electron chi connectivity index (χ4n) is 1.83. The second-order valence-electron chi connectivity index (χ2n) is 4.13. The van der Waals surface area contributed by atoms with Gasteiger partial charge in [0.1, 0.15) is 13.9 Å². The molecule has 1 aromatic carbocycles. The first-order valence-corrected chi connectivity index (χ1v) is 8.38. The number of carbonyl (C=O) groups excluding carboxylic acids is 1. The Bertz CT molecular complexity index is 764. The van der Waals surface area contributed by atoms with Crippen molar-refractivity contribution in [1.29, 1.82) is 0 Å². The maximum Gasteiger partial charge on any atom is 0.260 e. The average molecular weight is 321 g/mol. The first kappa shape index (κ1) is 13.4. The highest BCUT2D eigenvalue weighted by Crippen LogP contribution is 2.42. The zero-order valence-electron chi connectivity index (χ0n) is 10.3. The van der Waals surface area contributed by atoms with Gasteiger partial charge in [-0.1, -0.05) is 42.1 Å². The molecule has 20 heavy (non-hydrogen) atoms. The lowest BCUT2D eigenvalue weighted by Gasteiger charge is -1.99. The number of amides is 1. The predicted molar refractivity (Wildman–Crippen MR) is 86.4 cm³/mol. The van der Waals surface area contributed by atoms with Crippen molar-refractivity contribution < 1.29 is 4.79 Å². The van der Waals surface area contributed by atoms with Crippen LogP contribution < -0.4 is 11.5 Å². The average Bonchev–Trinajstić information content (AvgIpc) is 2.99. The second kappa shape index (κ2) is 5.43. The summed E-state index contributed by atoms with van der Waals surface area (Å²) in [6.45, 7) is 0. The molecule has 3 aromatic rings. The highest BCUT2D eigenvalue weighted by molar-refractivity contribution is 7.98. The molecule has 1 amide bonds. The standard InChI is InChI=1S/C13H11N3OS3/c14-9-8-12(18-6-7-4-2-1-3-5-7)16-20-13(8)19-10(9)11(15)17/h1-5H,6,14H2,(H2,15,17). The predicted octanol–water partition coefficient (Wildman–Crippen LogP) is 3.33. The molecule has 3 rings (SSSR count). The summed E-state index contributed by atoms with van der Waals surface area (Å²) in [5, 5.41) is 1.74. The second-order valence-corrected chi connectivity index (χ2v) is 7.15. The Kier molecular flexibility index (Phi) is 3.64. The van der Waals surface area contributed by atoms with E-state index in [2.05, 4.69) is 16.5 Å². The van der Waals surface area contributed by atoms with E-state index in [1.807, 2.05) is 18.2 Å². The van der Waals surface area contributed by atoms with E-state index in [-0.39, 0.29) is 0 Å². The molecule has 0 aliphatic rings. The molecule has 7 heteroatoms. The summed E-state index contributed by atoms with van der Waals surface area (Å²) in [7, 11) is 0. The molecule has 2 heterocycles. The van der Waals surface area contributed by atoms with Gasteiger partial charge < -0.3 is 11.5 Å². The number of fused-ring (bicyclic) bond motifs is 1. The molecule has 0 bridgehead atoms. The molecule has 0 aliphatic heterocycles. The maximum atomic E-state index is 11.3. The van der Waals surface area contributed by atoms with E-state index in [1.54, 1.807) is 11.8 Å². The molecular weight excluding hydrogens is 310 g/mol. The monoisotopic (exact) mass is 321 g/mol. The molecule has 0 radical (unpaired) electrons. The zero-order valence-corrected chi connectivity index (χ0v) is 12.8. The molecule has 4 nitrogen and oxygen atoms in total. The summed E-state index contributed by atoms with van der Waals surface area (Å²) < 4.78 is 5.37. The molecule has 0 aliphatic carbocycles. The Balaban J connectivity index is 1.90. The Morgan fingerprint density at radius 3 is 2.75 bits per heavy atom. The van der Waals surface area contributed by atoms with E-state index in [1.165, 1.54) is 28.4 Å². The first-order chi connectivity index (χ1) is 9.66. The number of anilines is 1. The van der Waals surface area contributed by atoms with Gasteiger partial charge in [0.25, 0.3) is 5.91 Å². The number of hydrogen-bond donors (Lipinski definition) is 2. The lowest BCUT2D eigenvalue weighted by molar-refractivity contribution is 0.100. The smallest absolute Gasteiger partial charge is 0.260 e. The van der Waals surface area contributed by atoms with Crippen LogP contribution >= 0.6 is 34.6 Å². The summed E-state index contributed by atoms with van der Waals surface area (Å²) in [6.07, 6.45) is 0. The zero-order chi connectivity index (χ0) is 14.1. The number of hydrogen-bond acceptors (Lipinski definition) is 6. The lowest BCUT2D eigenvalue weighted by atomic mass is 10.2. The molecule has 0 fully saturated rings. The molecule has 102 valence electrons. The van der Waals surface area contributed by atoms with Crippen LogP contribution in [0, 0.1) is 0 Å². The minimum absolute atomic E-state index is 0.426. The van der Waals surface area contributed by atoms with Crippen LogP contribution in [-0.4, -0.2) is 10.3 Å². The number of benzene rings is 1. The van der Waals surface area contributed by atoms with Gasteiger partial charge in [-0.2, -0.15) is 4.37 Å². The van der Waals surface area contributed by atoms with Crippen molar-refractivity contribution in [2.75, 3.05) is 5.73 Å². The van der Waals surface area contributed by atoms with Gasteiger partial charge >= 0.3 is 0 Å². The van der Waals surface area contributed by atoms with Crippen LogP contribution in [0.25, 0.3) is 9.40 Å². The summed E-state index contributed by atoms with van der Waals surface area (Å²) in [4.78, 5) is 11.7. The minimum Gasteiger partial charge on any atom is -0.397 e. The van der Waals surface area contributed by atoms with Crippen molar-refractivity contribution in [3.05, 3.63) is 40.8 Å². The van der Waals surface area contributed by atoms with Crippen molar-refractivity contribution in [3.63, 3.8) is 0 Å². The van der Waals surface area contributed by atoms with Crippen molar-refractivity contribution >= 4 is 55.6 Å². The van der Waals surface area contributed by atoms with Gasteiger partial charge in [0, 0.05) is 5.75 Å². The number of thioether (sulfide) groups is 1. The third-order valence-corrected chi connectivity index (χ3v) is 6.07. The van der Waals surface area contributed by atoms with Crippen LogP contribution in [-0.2, 0) is 5.75 Å². The Labute approximate surface area is 128 Å². The van der Waals surface area contributed by atoms with E-state index in [9.17, 15) is 4.79 Å². The third kappa shape index (κ3) is 2.39. The maximum absolute atomic E-state index is 11.3. The fraction of sp³-hybridized carbons (Fsp3) is 0.0769. The first-order valence-electron chi connectivity index (χ1n) is 5.81. The largest absolute Gasteiger partial charge is 0.397 e. The summed E-state index contributed by atoms with van der Waals surface area (Å²) in [5.41, 5.74) is 13.0. The van der Waals surface area contributed by atoms with E-state index >= 15 is 0 Å². The van der Waals surface area contributed by atoms with Crippen LogP contribution in [0.3, 0.4) is 0 Å². The van der Waals surface area contributed by atoms with E-state index < -0.39 is 5.91 Å². The number of aromatic nitrogens is 1. The van der Waals surface area contributed by atoms with Gasteiger partial charge in [0.2, 0.25) is 0 Å². The van der Waals surface area contributed by atoms with Crippen molar-refractivity contribution in [3.8, 4) is 0 Å². The topological polar surface area (TPSA) is 82.0 Å². The number of rotatable bonds is 4. The van der Waals surface area contributed by atoms with Crippen molar-refractivity contribution in [1.82, 2.24) is 4.37 Å². The van der Waals surface area contributed by atoms with Crippen LogP contribution in [0.4, 0.5) is 5.69 Å². The number of nitrogens with zero attached hydrogens (tertiary/aromatic N) is 1. The molecule has 0 saturated heterocycles. The molecule has 0 saturated carbocycles. The third-order valence-electron chi connectivity index (χ3n) is 2.78. The summed E-state index contributed by atoms with van der Waals surface area (Å²) >= 11 is 4.30. The molecule has 4 N–H and O–H groups in total. The lowest BCUT2D eigenvalue weighted by Crippen LogP contribution is -2.10. The summed E-state index contributed by atoms with van der Waals surface area (Å²) in [5.74, 6) is 0.343. The Morgan fingerprint density at radius 2 is 2.05 bits per heavy atom. The normalized spacial score (nSPS) is 11.0. The van der Waals surface area contributed by atoms with Crippen molar-refractivity contribution in [2.45, 2.75) is 10.8 Å². The van der Waals surface area contributed by atoms with Crippen LogP contribution in [0.1, 0.15) is 15.2 Å². The highest BCUT2D eigenvalue weighted by atomic mass is 32.2. The number of primary amides is 1. The van der Waals surface area contributed by atoms with E-state index in [0.717, 1.165) is 20.2 Å². The summed E-state index contributed by atoms with van der Waals surface area (Å²) in [6, 6.07) is 10.2. The number of thiophene rings is 1. The highest BCUT2D eigenvalue weighted by Gasteiger charge is 2.19. The molecule has 2 aromatic heterocycles.